The van der Waals surface area contributed by atoms with Crippen LogP contribution in [0.2, 0.25) is 0 Å². The minimum absolute atomic E-state index is 0.241. The molecule has 0 bridgehead atoms. The number of carbonyl (C=O) groups is 1. The third kappa shape index (κ3) is 4.31. The fourth-order valence-corrected chi connectivity index (χ4v) is 2.66. The lowest BCUT2D eigenvalue weighted by Gasteiger charge is -2.10. The number of rotatable bonds is 7. The standard InChI is InChI=1S/C20H23N5O2/c1-14(2)10-12-22-20(26)18-19(15-5-4-11-21-13-15)25(24-23-18)16-6-8-17(27-3)9-7-16/h4-9,11,13-14H,10,12H2,1-3H3,(H,22,26). The van der Waals surface area contributed by atoms with Crippen molar-refractivity contribution in [1.29, 1.82) is 0 Å². The number of ether oxygens (including phenoxy) is 1. The maximum atomic E-state index is 12.7. The molecule has 7 heteroatoms. The van der Waals surface area contributed by atoms with Crippen LogP contribution < -0.4 is 10.1 Å². The summed E-state index contributed by atoms with van der Waals surface area (Å²) >= 11 is 0. The van der Waals surface area contributed by atoms with Crippen molar-refractivity contribution < 1.29 is 9.53 Å². The Hall–Kier alpha value is -3.22. The first-order valence-corrected chi connectivity index (χ1v) is 8.89. The van der Waals surface area contributed by atoms with Gasteiger partial charge in [0.1, 0.15) is 11.4 Å². The van der Waals surface area contributed by atoms with Gasteiger partial charge in [-0.25, -0.2) is 4.68 Å². The number of carbonyl (C=O) groups excluding carboxylic acids is 1. The molecule has 3 aromatic rings. The van der Waals surface area contributed by atoms with Gasteiger partial charge >= 0.3 is 0 Å². The van der Waals surface area contributed by atoms with Gasteiger partial charge in [-0.2, -0.15) is 0 Å². The van der Waals surface area contributed by atoms with E-state index in [-0.39, 0.29) is 11.6 Å². The Bertz CT molecular complexity index is 888. The van der Waals surface area contributed by atoms with Gasteiger partial charge in [-0.3, -0.25) is 9.78 Å². The van der Waals surface area contributed by atoms with Gasteiger partial charge in [0, 0.05) is 24.5 Å². The molecule has 0 unspecified atom stereocenters. The number of benzene rings is 1. The van der Waals surface area contributed by atoms with E-state index in [1.807, 2.05) is 36.4 Å². The summed E-state index contributed by atoms with van der Waals surface area (Å²) in [7, 11) is 1.62. The minimum Gasteiger partial charge on any atom is -0.497 e. The Labute approximate surface area is 158 Å². The Balaban J connectivity index is 1.99. The third-order valence-electron chi connectivity index (χ3n) is 4.14. The highest BCUT2D eigenvalue weighted by Crippen LogP contribution is 2.25. The number of pyridine rings is 1. The van der Waals surface area contributed by atoms with Gasteiger partial charge in [-0.1, -0.05) is 19.1 Å². The monoisotopic (exact) mass is 365 g/mol. The summed E-state index contributed by atoms with van der Waals surface area (Å²) in [5, 5.41) is 11.3. The van der Waals surface area contributed by atoms with E-state index in [2.05, 4.69) is 34.5 Å². The molecule has 2 heterocycles. The van der Waals surface area contributed by atoms with Gasteiger partial charge in [0.25, 0.3) is 5.91 Å². The summed E-state index contributed by atoms with van der Waals surface area (Å²) in [6, 6.07) is 11.1. The number of hydrogen-bond acceptors (Lipinski definition) is 5. The van der Waals surface area contributed by atoms with Gasteiger partial charge in [0.05, 0.1) is 12.8 Å². The number of amides is 1. The number of nitrogens with one attached hydrogen (secondary N) is 1. The Kier molecular flexibility index (Phi) is 5.80. The zero-order valence-corrected chi connectivity index (χ0v) is 15.7. The molecular formula is C20H23N5O2. The van der Waals surface area contributed by atoms with Crippen molar-refractivity contribution in [2.45, 2.75) is 20.3 Å². The summed E-state index contributed by atoms with van der Waals surface area (Å²) in [6.45, 7) is 4.83. The third-order valence-corrected chi connectivity index (χ3v) is 4.14. The second-order valence-corrected chi connectivity index (χ2v) is 6.58. The van der Waals surface area contributed by atoms with E-state index in [0.29, 0.717) is 18.2 Å². The van der Waals surface area contributed by atoms with Crippen LogP contribution in [-0.2, 0) is 0 Å². The summed E-state index contributed by atoms with van der Waals surface area (Å²) in [4.78, 5) is 16.9. The number of hydrogen-bond donors (Lipinski definition) is 1. The van der Waals surface area contributed by atoms with Crippen LogP contribution in [0.1, 0.15) is 30.8 Å². The molecule has 0 aliphatic heterocycles. The summed E-state index contributed by atoms with van der Waals surface area (Å²) in [5.74, 6) is 1.01. The molecule has 0 fully saturated rings. The molecule has 0 radical (unpaired) electrons. The molecule has 0 saturated carbocycles. The lowest BCUT2D eigenvalue weighted by molar-refractivity contribution is 0.0947. The van der Waals surface area contributed by atoms with Crippen LogP contribution in [-0.4, -0.2) is 39.5 Å². The molecular weight excluding hydrogens is 342 g/mol. The lowest BCUT2D eigenvalue weighted by atomic mass is 10.1. The first-order chi connectivity index (χ1) is 13.1. The average Bonchev–Trinajstić information content (AvgIpc) is 3.13. The summed E-state index contributed by atoms with van der Waals surface area (Å²) < 4.78 is 6.85. The van der Waals surface area contributed by atoms with Gasteiger partial charge in [-0.05, 0) is 48.7 Å². The fourth-order valence-electron chi connectivity index (χ4n) is 2.66. The van der Waals surface area contributed by atoms with E-state index in [1.165, 1.54) is 0 Å². The van der Waals surface area contributed by atoms with E-state index in [9.17, 15) is 4.79 Å². The van der Waals surface area contributed by atoms with Crippen LogP contribution in [0.25, 0.3) is 16.9 Å². The number of nitrogens with zero attached hydrogens (tertiary/aromatic N) is 4. The molecule has 0 atom stereocenters. The first kappa shape index (κ1) is 18.6. The quantitative estimate of drug-likeness (QED) is 0.696. The SMILES string of the molecule is COc1ccc(-n2nnc(C(=O)NCCC(C)C)c2-c2cccnc2)cc1. The number of aromatic nitrogens is 4. The molecule has 3 rings (SSSR count). The van der Waals surface area contributed by atoms with Crippen molar-refractivity contribution in [1.82, 2.24) is 25.3 Å². The van der Waals surface area contributed by atoms with Crippen LogP contribution in [0.4, 0.5) is 0 Å². The normalized spacial score (nSPS) is 10.8. The molecule has 2 aromatic heterocycles. The Morgan fingerprint density at radius 1 is 1.22 bits per heavy atom. The Morgan fingerprint density at radius 2 is 2.00 bits per heavy atom. The zero-order chi connectivity index (χ0) is 19.2. The summed E-state index contributed by atoms with van der Waals surface area (Å²) in [6.07, 6.45) is 4.29. The smallest absolute Gasteiger partial charge is 0.274 e. The second-order valence-electron chi connectivity index (χ2n) is 6.58. The van der Waals surface area contributed by atoms with Crippen molar-refractivity contribution in [3.63, 3.8) is 0 Å². The molecule has 1 aromatic carbocycles. The van der Waals surface area contributed by atoms with Crippen molar-refractivity contribution in [2.75, 3.05) is 13.7 Å². The van der Waals surface area contributed by atoms with Gasteiger partial charge in [0.2, 0.25) is 0 Å². The van der Waals surface area contributed by atoms with E-state index in [4.69, 9.17) is 4.74 Å². The Morgan fingerprint density at radius 3 is 2.63 bits per heavy atom. The minimum atomic E-state index is -0.241. The van der Waals surface area contributed by atoms with Gasteiger partial charge < -0.3 is 10.1 Å². The molecule has 0 aliphatic rings. The van der Waals surface area contributed by atoms with Gasteiger partial charge in [-0.15, -0.1) is 5.10 Å². The molecule has 1 N–H and O–H groups in total. The molecule has 7 nitrogen and oxygen atoms in total. The largest absolute Gasteiger partial charge is 0.497 e. The van der Waals surface area contributed by atoms with Crippen LogP contribution in [0.15, 0.2) is 48.8 Å². The number of methoxy groups -OCH3 is 1. The fraction of sp³-hybridized carbons (Fsp3) is 0.300. The average molecular weight is 365 g/mol. The van der Waals surface area contributed by atoms with E-state index in [1.54, 1.807) is 24.2 Å². The highest BCUT2D eigenvalue weighted by Gasteiger charge is 2.22. The molecule has 1 amide bonds. The van der Waals surface area contributed by atoms with Crippen molar-refractivity contribution in [2.24, 2.45) is 5.92 Å². The van der Waals surface area contributed by atoms with Gasteiger partial charge in [0.15, 0.2) is 5.69 Å². The van der Waals surface area contributed by atoms with Crippen molar-refractivity contribution >= 4 is 5.91 Å². The van der Waals surface area contributed by atoms with Crippen LogP contribution >= 0.6 is 0 Å². The maximum Gasteiger partial charge on any atom is 0.274 e. The molecule has 0 aliphatic carbocycles. The van der Waals surface area contributed by atoms with Crippen LogP contribution in [0.3, 0.4) is 0 Å². The summed E-state index contributed by atoms with van der Waals surface area (Å²) in [5.41, 5.74) is 2.44. The van der Waals surface area contributed by atoms with E-state index in [0.717, 1.165) is 23.4 Å². The molecule has 27 heavy (non-hydrogen) atoms. The predicted octanol–water partition coefficient (Wildman–Crippen LogP) is 3.11. The predicted molar refractivity (Wildman–Crippen MR) is 103 cm³/mol. The highest BCUT2D eigenvalue weighted by molar-refractivity contribution is 5.98. The molecule has 140 valence electrons. The van der Waals surface area contributed by atoms with E-state index < -0.39 is 0 Å². The molecule has 0 spiro atoms. The van der Waals surface area contributed by atoms with Crippen LogP contribution in [0.5, 0.6) is 5.75 Å². The zero-order valence-electron chi connectivity index (χ0n) is 15.7. The molecule has 0 saturated heterocycles. The lowest BCUT2D eigenvalue weighted by Crippen LogP contribution is -2.26. The van der Waals surface area contributed by atoms with Crippen LogP contribution in [0, 0.1) is 5.92 Å². The maximum absolute atomic E-state index is 12.7. The second kappa shape index (κ2) is 8.44. The topological polar surface area (TPSA) is 81.9 Å². The van der Waals surface area contributed by atoms with Crippen molar-refractivity contribution in [3.05, 3.63) is 54.5 Å². The highest BCUT2D eigenvalue weighted by atomic mass is 16.5. The van der Waals surface area contributed by atoms with E-state index >= 15 is 0 Å². The first-order valence-electron chi connectivity index (χ1n) is 8.89. The van der Waals surface area contributed by atoms with Crippen molar-refractivity contribution in [3.8, 4) is 22.7 Å².